The van der Waals surface area contributed by atoms with Crippen molar-refractivity contribution in [1.82, 2.24) is 0 Å². The van der Waals surface area contributed by atoms with E-state index in [-0.39, 0.29) is 5.84 Å². The van der Waals surface area contributed by atoms with Gasteiger partial charge in [-0.25, -0.2) is 14.8 Å². The van der Waals surface area contributed by atoms with Crippen LogP contribution in [0.4, 0.5) is 5.69 Å². The van der Waals surface area contributed by atoms with Gasteiger partial charge in [-0.15, -0.1) is 0 Å². The van der Waals surface area contributed by atoms with Gasteiger partial charge >= 0.3 is 0 Å². The molecule has 0 spiro atoms. The summed E-state index contributed by atoms with van der Waals surface area (Å²) in [6.45, 7) is 7.31. The summed E-state index contributed by atoms with van der Waals surface area (Å²) in [6.07, 6.45) is 1.82. The molecule has 0 radical (unpaired) electrons. The second kappa shape index (κ2) is 13.7. The topological polar surface area (TPSA) is 52.9 Å². The minimum absolute atomic E-state index is 0.165. The van der Waals surface area contributed by atoms with Gasteiger partial charge in [0, 0.05) is 17.3 Å². The van der Waals surface area contributed by atoms with Gasteiger partial charge in [0.15, 0.2) is 17.4 Å². The average Bonchev–Trinajstić information content (AvgIpc) is 3.16. The maximum atomic E-state index is 8.57. The Morgan fingerprint density at radius 2 is 1.17 bits per heavy atom. The van der Waals surface area contributed by atoms with Gasteiger partial charge in [0.25, 0.3) is 0 Å². The van der Waals surface area contributed by atoms with E-state index in [0.29, 0.717) is 11.5 Å². The van der Waals surface area contributed by atoms with Crippen LogP contribution < -0.4 is 0 Å². The summed E-state index contributed by atoms with van der Waals surface area (Å²) >= 11 is 0. The third-order valence-electron chi connectivity index (χ3n) is 8.24. The predicted molar refractivity (Wildman–Crippen MR) is 200 cm³/mol. The van der Waals surface area contributed by atoms with Gasteiger partial charge in [-0.1, -0.05) is 152 Å². The molecule has 0 aliphatic rings. The Labute approximate surface area is 280 Å². The first-order chi connectivity index (χ1) is 23.6. The van der Waals surface area contributed by atoms with Crippen LogP contribution in [0.1, 0.15) is 16.7 Å². The number of rotatable bonds is 6. The molecule has 4 heteroatoms. The smallest absolute Gasteiger partial charge is 0.187 e. The fourth-order valence-electron chi connectivity index (χ4n) is 5.77. The van der Waals surface area contributed by atoms with Gasteiger partial charge in [0.1, 0.15) is 0 Å². The summed E-state index contributed by atoms with van der Waals surface area (Å²) in [5, 5.41) is 10.9. The van der Waals surface area contributed by atoms with Crippen LogP contribution in [0.3, 0.4) is 0 Å². The fraction of sp³-hybridized carbons (Fsp3) is 0. The summed E-state index contributed by atoms with van der Waals surface area (Å²) in [5.74, 6) is 0.648. The number of fused-ring (bicyclic) bond motifs is 1. The highest BCUT2D eigenvalue weighted by Crippen LogP contribution is 2.33. The van der Waals surface area contributed by atoms with Crippen LogP contribution in [-0.2, 0) is 0 Å². The molecule has 226 valence electrons. The maximum absolute atomic E-state index is 8.57. The fourth-order valence-corrected chi connectivity index (χ4v) is 5.77. The van der Waals surface area contributed by atoms with Crippen molar-refractivity contribution in [2.75, 3.05) is 0 Å². The quantitative estimate of drug-likeness (QED) is 0.110. The molecular weight excluding hydrogens is 585 g/mol. The Morgan fingerprint density at radius 1 is 0.542 bits per heavy atom. The van der Waals surface area contributed by atoms with Gasteiger partial charge < -0.3 is 0 Å². The predicted octanol–water partition coefficient (Wildman–Crippen LogP) is 11.3. The molecule has 0 aliphatic heterocycles. The first kappa shape index (κ1) is 30.0. The standard InChI is InChI=1S/C44H30N4/c1-46-40-19-9-16-36(29-40)32-21-23-33(24-22-32)37-25-26-42-39(28-37)18-10-20-41(42)38-17-8-11-31(27-38)30-47-44(35-14-6-3-7-15-35)48-43(45)34-12-4-2-5-13-34/h2-30,45H. The lowest BCUT2D eigenvalue weighted by molar-refractivity contribution is 1.40. The van der Waals surface area contributed by atoms with Gasteiger partial charge in [0.05, 0.1) is 6.57 Å². The number of nitrogens with one attached hydrogen (secondary N) is 1. The second-order valence-electron chi connectivity index (χ2n) is 11.4. The van der Waals surface area contributed by atoms with Crippen molar-refractivity contribution in [2.24, 2.45) is 9.98 Å². The molecule has 0 aromatic heterocycles. The van der Waals surface area contributed by atoms with Crippen molar-refractivity contribution in [2.45, 2.75) is 0 Å². The molecule has 0 heterocycles. The number of hydrogen-bond donors (Lipinski definition) is 1. The van der Waals surface area contributed by atoms with Crippen LogP contribution in [0.5, 0.6) is 0 Å². The summed E-state index contributed by atoms with van der Waals surface area (Å²) in [7, 11) is 0. The second-order valence-corrected chi connectivity index (χ2v) is 11.4. The minimum atomic E-state index is 0.165. The van der Waals surface area contributed by atoms with Crippen LogP contribution in [0.15, 0.2) is 180 Å². The zero-order valence-corrected chi connectivity index (χ0v) is 26.1. The van der Waals surface area contributed by atoms with E-state index in [4.69, 9.17) is 17.0 Å². The molecule has 0 saturated heterocycles. The number of aliphatic imine (C=N–C) groups is 2. The summed E-state index contributed by atoms with van der Waals surface area (Å²) < 4.78 is 0. The SMILES string of the molecule is [C-]#[N+]c1cccc(-c2ccc(-c3ccc4c(-c5cccc(C=NC(=NC(=N)c6ccccc6)c6ccccc6)c5)cccc4c3)cc2)c1. The molecule has 0 atom stereocenters. The van der Waals surface area contributed by atoms with E-state index < -0.39 is 0 Å². The third kappa shape index (κ3) is 6.62. The molecule has 0 fully saturated rings. The van der Waals surface area contributed by atoms with Crippen LogP contribution in [0, 0.1) is 12.0 Å². The number of amidine groups is 2. The first-order valence-corrected chi connectivity index (χ1v) is 15.7. The summed E-state index contributed by atoms with van der Waals surface area (Å²) in [6, 6.07) is 56.9. The first-order valence-electron chi connectivity index (χ1n) is 15.7. The molecule has 4 nitrogen and oxygen atoms in total. The highest BCUT2D eigenvalue weighted by molar-refractivity contribution is 6.13. The lowest BCUT2D eigenvalue weighted by Crippen LogP contribution is -2.04. The van der Waals surface area contributed by atoms with Crippen LogP contribution in [-0.4, -0.2) is 17.9 Å². The van der Waals surface area contributed by atoms with Crippen LogP contribution >= 0.6 is 0 Å². The zero-order chi connectivity index (χ0) is 32.7. The lowest BCUT2D eigenvalue weighted by Gasteiger charge is -2.11. The molecule has 0 amide bonds. The van der Waals surface area contributed by atoms with E-state index >= 15 is 0 Å². The van der Waals surface area contributed by atoms with Crippen molar-refractivity contribution >= 4 is 34.3 Å². The maximum Gasteiger partial charge on any atom is 0.187 e. The zero-order valence-electron chi connectivity index (χ0n) is 26.1. The molecule has 0 unspecified atom stereocenters. The molecule has 48 heavy (non-hydrogen) atoms. The third-order valence-corrected chi connectivity index (χ3v) is 8.24. The highest BCUT2D eigenvalue weighted by atomic mass is 14.9. The van der Waals surface area contributed by atoms with Crippen molar-refractivity contribution in [3.63, 3.8) is 0 Å². The summed E-state index contributed by atoms with van der Waals surface area (Å²) in [4.78, 5) is 12.9. The van der Waals surface area contributed by atoms with Crippen molar-refractivity contribution < 1.29 is 0 Å². The Hall–Kier alpha value is -6.70. The molecular formula is C44H30N4. The Bertz CT molecular complexity index is 2350. The van der Waals surface area contributed by atoms with Crippen LogP contribution in [0.25, 0.3) is 49.0 Å². The van der Waals surface area contributed by atoms with E-state index in [9.17, 15) is 0 Å². The average molecular weight is 615 g/mol. The Kier molecular flexibility index (Phi) is 8.58. The van der Waals surface area contributed by atoms with Gasteiger partial charge in [0.2, 0.25) is 0 Å². The van der Waals surface area contributed by atoms with Gasteiger partial charge in [-0.2, -0.15) is 0 Å². The normalized spacial score (nSPS) is 11.4. The molecule has 7 rings (SSSR count). The molecule has 1 N–H and O–H groups in total. The number of nitrogens with zero attached hydrogens (tertiary/aromatic N) is 3. The van der Waals surface area contributed by atoms with E-state index in [0.717, 1.165) is 55.5 Å². The Morgan fingerprint density at radius 3 is 1.90 bits per heavy atom. The largest absolute Gasteiger partial charge is 0.282 e. The van der Waals surface area contributed by atoms with Crippen molar-refractivity contribution in [1.29, 1.82) is 5.41 Å². The lowest BCUT2D eigenvalue weighted by atomic mass is 9.94. The number of benzene rings is 7. The van der Waals surface area contributed by atoms with Crippen LogP contribution in [0.2, 0.25) is 0 Å². The molecule has 0 saturated carbocycles. The monoisotopic (exact) mass is 614 g/mol. The number of hydrogen-bond acceptors (Lipinski definition) is 1. The molecule has 7 aromatic rings. The summed E-state index contributed by atoms with van der Waals surface area (Å²) in [5.41, 5.74) is 9.84. The van der Waals surface area contributed by atoms with Gasteiger partial charge in [-0.3, -0.25) is 5.41 Å². The minimum Gasteiger partial charge on any atom is -0.282 e. The molecule has 0 aliphatic carbocycles. The highest BCUT2D eigenvalue weighted by Gasteiger charge is 2.09. The van der Waals surface area contributed by atoms with Crippen molar-refractivity contribution in [3.8, 4) is 33.4 Å². The van der Waals surface area contributed by atoms with E-state index in [1.807, 2.05) is 103 Å². The molecule has 0 bridgehead atoms. The Balaban J connectivity index is 1.17. The van der Waals surface area contributed by atoms with Gasteiger partial charge in [-0.05, 0) is 67.9 Å². The van der Waals surface area contributed by atoms with E-state index in [1.54, 1.807) is 0 Å². The van der Waals surface area contributed by atoms with E-state index in [1.165, 1.54) is 5.39 Å². The van der Waals surface area contributed by atoms with E-state index in [2.05, 4.69) is 82.6 Å². The van der Waals surface area contributed by atoms with Crippen molar-refractivity contribution in [3.05, 3.63) is 198 Å². The molecule has 7 aromatic carbocycles.